The zero-order chi connectivity index (χ0) is 23.6. The van der Waals surface area contributed by atoms with Crippen LogP contribution in [0.15, 0.2) is 47.4 Å². The Morgan fingerprint density at radius 2 is 1.78 bits per heavy atom. The normalized spacial score (nSPS) is 11.6. The second-order valence-electron chi connectivity index (χ2n) is 7.83. The summed E-state index contributed by atoms with van der Waals surface area (Å²) in [7, 11) is -2.65. The summed E-state index contributed by atoms with van der Waals surface area (Å²) in [6, 6.07) is 12.6. The summed E-state index contributed by atoms with van der Waals surface area (Å²) in [5.74, 6) is -0.109. The molecule has 1 heterocycles. The van der Waals surface area contributed by atoms with E-state index in [1.165, 1.54) is 28.8 Å². The van der Waals surface area contributed by atoms with Crippen molar-refractivity contribution < 1.29 is 17.9 Å². The molecule has 0 aliphatic heterocycles. The maximum Gasteiger partial charge on any atom is 0.338 e. The van der Waals surface area contributed by atoms with Crippen LogP contribution in [0.4, 0.5) is 5.82 Å². The van der Waals surface area contributed by atoms with Crippen molar-refractivity contribution in [3.63, 3.8) is 0 Å². The van der Waals surface area contributed by atoms with Crippen LogP contribution in [0.2, 0.25) is 0 Å². The number of nitrogens with zero attached hydrogens (tertiary/aromatic N) is 2. The number of esters is 1. The van der Waals surface area contributed by atoms with Gasteiger partial charge in [-0.05, 0) is 44.4 Å². The molecule has 0 fully saturated rings. The van der Waals surface area contributed by atoms with Crippen LogP contribution in [0.1, 0.15) is 53.1 Å². The molecule has 6 nitrogen and oxygen atoms in total. The molecule has 0 radical (unpaired) electrons. The highest BCUT2D eigenvalue weighted by molar-refractivity contribution is 7.92. The van der Waals surface area contributed by atoms with Crippen LogP contribution in [-0.2, 0) is 14.8 Å². The van der Waals surface area contributed by atoms with E-state index >= 15 is 0 Å². The van der Waals surface area contributed by atoms with Crippen LogP contribution in [-0.4, -0.2) is 33.0 Å². The lowest BCUT2D eigenvalue weighted by atomic mass is 9.97. The molecule has 1 aromatic heterocycles. The minimum Gasteiger partial charge on any atom is -0.465 e. The number of methoxy groups -OCH3 is 1. The van der Waals surface area contributed by atoms with E-state index in [-0.39, 0.29) is 22.9 Å². The smallest absolute Gasteiger partial charge is 0.338 e. The third kappa shape index (κ3) is 4.56. The predicted octanol–water partition coefficient (Wildman–Crippen LogP) is 5.55. The highest BCUT2D eigenvalue weighted by atomic mass is 32.2. The first-order valence-electron chi connectivity index (χ1n) is 10.4. The number of anilines is 1. The average molecular weight is 473 g/mol. The summed E-state index contributed by atoms with van der Waals surface area (Å²) in [4.78, 5) is 17.8. The molecule has 3 rings (SSSR count). The van der Waals surface area contributed by atoms with Crippen LogP contribution < -0.4 is 4.31 Å². The van der Waals surface area contributed by atoms with E-state index in [0.29, 0.717) is 5.82 Å². The molecule has 0 unspecified atom stereocenters. The third-order valence-corrected chi connectivity index (χ3v) is 8.10. The molecule has 0 spiro atoms. The van der Waals surface area contributed by atoms with Crippen LogP contribution >= 0.6 is 11.3 Å². The van der Waals surface area contributed by atoms with Gasteiger partial charge < -0.3 is 4.74 Å². The second kappa shape index (κ2) is 9.42. The molecule has 0 atom stereocenters. The Labute approximate surface area is 193 Å². The number of ether oxygens (including phenoxy) is 1. The Hall–Kier alpha value is -2.71. The Kier molecular flexibility index (Phi) is 7.05. The van der Waals surface area contributed by atoms with Crippen LogP contribution in [0.25, 0.3) is 10.6 Å². The van der Waals surface area contributed by atoms with Gasteiger partial charge in [0.15, 0.2) is 5.82 Å². The summed E-state index contributed by atoms with van der Waals surface area (Å²) in [5, 5.41) is 0.761. The predicted molar refractivity (Wildman–Crippen MR) is 129 cm³/mol. The molecular formula is C24H28N2O4S2. The van der Waals surface area contributed by atoms with Crippen molar-refractivity contribution in [1.29, 1.82) is 0 Å². The van der Waals surface area contributed by atoms with Gasteiger partial charge in [-0.2, -0.15) is 0 Å². The molecule has 170 valence electrons. The number of benzene rings is 2. The van der Waals surface area contributed by atoms with Crippen LogP contribution in [0, 0.1) is 13.8 Å². The number of aromatic nitrogens is 1. The molecular weight excluding hydrogens is 444 g/mol. The van der Waals surface area contributed by atoms with E-state index < -0.39 is 16.0 Å². The first-order valence-corrected chi connectivity index (χ1v) is 12.6. The zero-order valence-electron chi connectivity index (χ0n) is 19.2. The highest BCUT2D eigenvalue weighted by Crippen LogP contribution is 2.35. The number of hydrogen-bond acceptors (Lipinski definition) is 6. The number of carbonyl (C=O) groups excluding carboxylic acids is 1. The van der Waals surface area contributed by atoms with E-state index in [9.17, 15) is 13.2 Å². The van der Waals surface area contributed by atoms with Crippen molar-refractivity contribution in [1.82, 2.24) is 4.98 Å². The number of aryl methyl sites for hydroxylation is 2. The molecule has 0 aliphatic carbocycles. The van der Waals surface area contributed by atoms with Crippen molar-refractivity contribution in [2.45, 2.75) is 45.4 Å². The van der Waals surface area contributed by atoms with Crippen molar-refractivity contribution in [3.8, 4) is 10.6 Å². The molecule has 0 N–H and O–H groups in total. The first-order chi connectivity index (χ1) is 15.1. The lowest BCUT2D eigenvalue weighted by Crippen LogP contribution is -2.31. The zero-order valence-corrected chi connectivity index (χ0v) is 20.8. The van der Waals surface area contributed by atoms with Crippen LogP contribution in [0.5, 0.6) is 0 Å². The Bertz CT molecular complexity index is 1230. The van der Waals surface area contributed by atoms with Gasteiger partial charge in [0.2, 0.25) is 0 Å². The van der Waals surface area contributed by atoms with Gasteiger partial charge in [0, 0.05) is 17.0 Å². The largest absolute Gasteiger partial charge is 0.465 e. The quantitative estimate of drug-likeness (QED) is 0.421. The van der Waals surface area contributed by atoms with E-state index in [2.05, 4.69) is 4.98 Å². The van der Waals surface area contributed by atoms with E-state index in [0.717, 1.165) is 26.6 Å². The summed E-state index contributed by atoms with van der Waals surface area (Å²) in [5.41, 5.74) is 3.09. The number of carbonyl (C=O) groups is 1. The van der Waals surface area contributed by atoms with Gasteiger partial charge >= 0.3 is 5.97 Å². The van der Waals surface area contributed by atoms with Gasteiger partial charge in [0.25, 0.3) is 10.0 Å². The minimum atomic E-state index is -3.94. The van der Waals surface area contributed by atoms with E-state index in [4.69, 9.17) is 4.74 Å². The maximum absolute atomic E-state index is 13.6. The lowest BCUT2D eigenvalue weighted by molar-refractivity contribution is 0.0598. The molecule has 8 heteroatoms. The monoisotopic (exact) mass is 472 g/mol. The standard InChI is InChI=1S/C24H28N2O4S2/c1-7-26(22-17(5)31-23(25-22)18-10-8-16(4)9-11-18)32(28,29)19-12-13-20(15(2)3)21(14-19)24(27)30-6/h8-15H,7H2,1-6H3. The Balaban J connectivity index is 2.07. The number of hydrogen-bond donors (Lipinski definition) is 0. The maximum atomic E-state index is 13.6. The van der Waals surface area contributed by atoms with Crippen molar-refractivity contribution in [2.75, 3.05) is 18.0 Å². The lowest BCUT2D eigenvalue weighted by Gasteiger charge is -2.22. The van der Waals surface area contributed by atoms with Crippen molar-refractivity contribution >= 4 is 33.1 Å². The summed E-state index contributed by atoms with van der Waals surface area (Å²) in [6.45, 7) is 9.75. The molecule has 0 amide bonds. The van der Waals surface area contributed by atoms with E-state index in [1.807, 2.05) is 52.0 Å². The fraction of sp³-hybridized carbons (Fsp3) is 0.333. The molecule has 0 saturated heterocycles. The molecule has 3 aromatic rings. The van der Waals surface area contributed by atoms with Crippen molar-refractivity contribution in [2.24, 2.45) is 0 Å². The molecule has 0 bridgehead atoms. The first kappa shape index (κ1) is 23.9. The minimum absolute atomic E-state index is 0.0356. The fourth-order valence-corrected chi connectivity index (χ4v) is 5.97. The molecule has 0 aliphatic rings. The second-order valence-corrected chi connectivity index (χ2v) is 10.9. The highest BCUT2D eigenvalue weighted by Gasteiger charge is 2.29. The number of rotatable bonds is 7. The van der Waals surface area contributed by atoms with Gasteiger partial charge in [-0.15, -0.1) is 11.3 Å². The molecule has 0 saturated carbocycles. The van der Waals surface area contributed by atoms with Gasteiger partial charge in [-0.25, -0.2) is 22.5 Å². The topological polar surface area (TPSA) is 76.6 Å². The molecule has 2 aromatic carbocycles. The Morgan fingerprint density at radius 3 is 2.34 bits per heavy atom. The van der Waals surface area contributed by atoms with Crippen molar-refractivity contribution in [3.05, 3.63) is 64.0 Å². The van der Waals surface area contributed by atoms with Gasteiger partial charge in [-0.1, -0.05) is 49.7 Å². The van der Waals surface area contributed by atoms with Gasteiger partial charge in [0.1, 0.15) is 5.01 Å². The number of thiazole rings is 1. The Morgan fingerprint density at radius 1 is 1.12 bits per heavy atom. The SMILES string of the molecule is CCN(c1nc(-c2ccc(C)cc2)sc1C)S(=O)(=O)c1ccc(C(C)C)c(C(=O)OC)c1. The number of sulfonamides is 1. The molecule has 32 heavy (non-hydrogen) atoms. The van der Waals surface area contributed by atoms with Crippen LogP contribution in [0.3, 0.4) is 0 Å². The summed E-state index contributed by atoms with van der Waals surface area (Å²) in [6.07, 6.45) is 0. The average Bonchev–Trinajstić information content (AvgIpc) is 3.14. The summed E-state index contributed by atoms with van der Waals surface area (Å²) >= 11 is 1.46. The summed E-state index contributed by atoms with van der Waals surface area (Å²) < 4.78 is 33.4. The third-order valence-electron chi connectivity index (χ3n) is 5.23. The van der Waals surface area contributed by atoms with Gasteiger partial charge in [-0.3, -0.25) is 0 Å². The fourth-order valence-electron chi connectivity index (χ4n) is 3.49. The van der Waals surface area contributed by atoms with Gasteiger partial charge in [0.05, 0.1) is 17.6 Å². The van der Waals surface area contributed by atoms with E-state index in [1.54, 1.807) is 19.1 Å².